The van der Waals surface area contributed by atoms with Crippen molar-refractivity contribution in [3.63, 3.8) is 0 Å². The summed E-state index contributed by atoms with van der Waals surface area (Å²) in [5.41, 5.74) is 3.98. The van der Waals surface area contributed by atoms with Crippen LogP contribution in [0.1, 0.15) is 5.56 Å². The number of para-hydroxylation sites is 1. The van der Waals surface area contributed by atoms with Gasteiger partial charge in [0.15, 0.2) is 0 Å². The molecule has 5 rings (SSSR count). The molecule has 2 heterocycles. The van der Waals surface area contributed by atoms with E-state index in [0.29, 0.717) is 0 Å². The highest BCUT2D eigenvalue weighted by molar-refractivity contribution is 5.86. The van der Waals surface area contributed by atoms with Crippen LogP contribution in [-0.4, -0.2) is 44.3 Å². The first-order valence-electron chi connectivity index (χ1n) is 9.80. The van der Waals surface area contributed by atoms with Gasteiger partial charge < -0.3 is 4.74 Å². The molecule has 2 aliphatic rings. The number of hydrogen-bond acceptors (Lipinski definition) is 4. The summed E-state index contributed by atoms with van der Waals surface area (Å²) in [6.45, 7) is 6.75. The van der Waals surface area contributed by atoms with Crippen molar-refractivity contribution in [3.05, 3.63) is 72.3 Å². The zero-order valence-corrected chi connectivity index (χ0v) is 15.6. The third-order valence-electron chi connectivity index (χ3n) is 5.64. The summed E-state index contributed by atoms with van der Waals surface area (Å²) in [7, 11) is 0. The summed E-state index contributed by atoms with van der Waals surface area (Å²) in [5.74, 6) is 0. The molecule has 3 aromatic rings. The Morgan fingerprint density at radius 2 is 1.56 bits per heavy atom. The normalized spacial score (nSPS) is 17.5. The largest absolute Gasteiger partial charge is 0.379 e. The van der Waals surface area contributed by atoms with Gasteiger partial charge >= 0.3 is 0 Å². The van der Waals surface area contributed by atoms with Gasteiger partial charge in [-0.1, -0.05) is 48.5 Å². The molecule has 1 fully saturated rings. The minimum Gasteiger partial charge on any atom is -0.379 e. The number of ether oxygens (including phenoxy) is 1. The quantitative estimate of drug-likeness (QED) is 0.703. The van der Waals surface area contributed by atoms with E-state index < -0.39 is 0 Å². The molecule has 4 heteroatoms. The van der Waals surface area contributed by atoms with Crippen LogP contribution in [0.4, 0.5) is 11.4 Å². The predicted octanol–water partition coefficient (Wildman–Crippen LogP) is 3.91. The van der Waals surface area contributed by atoms with E-state index in [1.807, 2.05) is 0 Å². The lowest BCUT2D eigenvalue weighted by atomic mass is 10.1. The summed E-state index contributed by atoms with van der Waals surface area (Å²) < 4.78 is 5.49. The smallest absolute Gasteiger partial charge is 0.0667 e. The summed E-state index contributed by atoms with van der Waals surface area (Å²) in [5, 5.41) is 7.46. The fraction of sp³-hybridized carbons (Fsp3) is 0.304. The van der Waals surface area contributed by atoms with Crippen LogP contribution < -0.4 is 10.0 Å². The fourth-order valence-electron chi connectivity index (χ4n) is 4.14. The molecular formula is C23H25N3O. The third kappa shape index (κ3) is 3.27. The Bertz CT molecular complexity index is 936. The van der Waals surface area contributed by atoms with Crippen molar-refractivity contribution in [2.45, 2.75) is 6.54 Å². The zero-order chi connectivity index (χ0) is 18.1. The number of nitrogens with zero attached hydrogens (tertiary/aromatic N) is 3. The molecule has 0 bridgehead atoms. The van der Waals surface area contributed by atoms with Crippen LogP contribution in [0, 0.1) is 0 Å². The number of anilines is 2. The first-order valence-corrected chi connectivity index (χ1v) is 9.80. The number of rotatable bonds is 4. The minimum absolute atomic E-state index is 0.852. The molecule has 0 aliphatic carbocycles. The number of hydrogen-bond donors (Lipinski definition) is 0. The van der Waals surface area contributed by atoms with E-state index in [1.165, 1.54) is 27.7 Å². The maximum absolute atomic E-state index is 5.49. The lowest BCUT2D eigenvalue weighted by Crippen LogP contribution is -2.45. The maximum atomic E-state index is 5.49. The molecule has 2 aliphatic heterocycles. The molecule has 4 nitrogen and oxygen atoms in total. The van der Waals surface area contributed by atoms with Crippen LogP contribution in [0.5, 0.6) is 0 Å². The second-order valence-corrected chi connectivity index (χ2v) is 7.29. The second-order valence-electron chi connectivity index (χ2n) is 7.29. The van der Waals surface area contributed by atoms with Crippen LogP contribution in [0.25, 0.3) is 10.8 Å². The molecule has 27 heavy (non-hydrogen) atoms. The number of morpholine rings is 1. The maximum Gasteiger partial charge on any atom is 0.0667 e. The molecule has 1 saturated heterocycles. The number of hydrazine groups is 1. The van der Waals surface area contributed by atoms with Crippen molar-refractivity contribution in [1.29, 1.82) is 0 Å². The SMILES string of the molecule is c1ccc2c(c1)CN(c1ccc3ccccc3c1)N2CCN1CCOCC1. The van der Waals surface area contributed by atoms with E-state index in [1.54, 1.807) is 0 Å². The van der Waals surface area contributed by atoms with Crippen LogP contribution >= 0.6 is 0 Å². The second kappa shape index (κ2) is 7.22. The number of benzene rings is 3. The Labute approximate surface area is 160 Å². The van der Waals surface area contributed by atoms with E-state index in [9.17, 15) is 0 Å². The molecule has 0 radical (unpaired) electrons. The van der Waals surface area contributed by atoms with Gasteiger partial charge in [-0.05, 0) is 34.5 Å². The van der Waals surface area contributed by atoms with Gasteiger partial charge in [0.2, 0.25) is 0 Å². The summed E-state index contributed by atoms with van der Waals surface area (Å²) in [6, 6.07) is 24.1. The van der Waals surface area contributed by atoms with Gasteiger partial charge in [-0.25, -0.2) is 0 Å². The molecule has 0 aromatic heterocycles. The van der Waals surface area contributed by atoms with Crippen molar-refractivity contribution in [3.8, 4) is 0 Å². The van der Waals surface area contributed by atoms with E-state index in [-0.39, 0.29) is 0 Å². The summed E-state index contributed by atoms with van der Waals surface area (Å²) >= 11 is 0. The monoisotopic (exact) mass is 359 g/mol. The molecular weight excluding hydrogens is 334 g/mol. The Balaban J connectivity index is 1.44. The molecule has 0 N–H and O–H groups in total. The van der Waals surface area contributed by atoms with E-state index in [4.69, 9.17) is 4.74 Å². The van der Waals surface area contributed by atoms with Gasteiger partial charge in [-0.3, -0.25) is 14.9 Å². The average molecular weight is 359 g/mol. The highest BCUT2D eigenvalue weighted by Crippen LogP contribution is 2.35. The predicted molar refractivity (Wildman–Crippen MR) is 111 cm³/mol. The van der Waals surface area contributed by atoms with Crippen molar-refractivity contribution in [2.75, 3.05) is 49.4 Å². The molecule has 0 atom stereocenters. The highest BCUT2D eigenvalue weighted by Gasteiger charge is 2.27. The van der Waals surface area contributed by atoms with Crippen LogP contribution in [0.15, 0.2) is 66.7 Å². The van der Waals surface area contributed by atoms with Crippen LogP contribution in [0.2, 0.25) is 0 Å². The standard InChI is InChI=1S/C23H25N3O/c1-2-6-20-17-22(10-9-19(20)5-1)26-18-21-7-3-4-8-23(21)25(26)12-11-24-13-15-27-16-14-24/h1-10,17H,11-16,18H2. The number of fused-ring (bicyclic) bond motifs is 2. The molecule has 0 spiro atoms. The Hall–Kier alpha value is -2.56. The van der Waals surface area contributed by atoms with Gasteiger partial charge in [0, 0.05) is 19.6 Å². The zero-order valence-electron chi connectivity index (χ0n) is 15.6. The van der Waals surface area contributed by atoms with Gasteiger partial charge in [0.05, 0.1) is 37.7 Å². The first-order chi connectivity index (χ1) is 13.4. The van der Waals surface area contributed by atoms with E-state index in [2.05, 4.69) is 81.6 Å². The minimum atomic E-state index is 0.852. The van der Waals surface area contributed by atoms with Gasteiger partial charge in [0.25, 0.3) is 0 Å². The van der Waals surface area contributed by atoms with Crippen molar-refractivity contribution in [2.24, 2.45) is 0 Å². The lowest BCUT2D eigenvalue weighted by Gasteiger charge is -2.35. The van der Waals surface area contributed by atoms with E-state index in [0.717, 1.165) is 45.9 Å². The lowest BCUT2D eigenvalue weighted by molar-refractivity contribution is 0.0391. The Morgan fingerprint density at radius 3 is 2.44 bits per heavy atom. The Morgan fingerprint density at radius 1 is 0.778 bits per heavy atom. The topological polar surface area (TPSA) is 19.0 Å². The van der Waals surface area contributed by atoms with Crippen molar-refractivity contribution in [1.82, 2.24) is 4.90 Å². The Kier molecular flexibility index (Phi) is 4.44. The highest BCUT2D eigenvalue weighted by atomic mass is 16.5. The van der Waals surface area contributed by atoms with Gasteiger partial charge in [-0.2, -0.15) is 0 Å². The van der Waals surface area contributed by atoms with Gasteiger partial charge in [-0.15, -0.1) is 0 Å². The molecule has 0 saturated carbocycles. The fourth-order valence-corrected chi connectivity index (χ4v) is 4.14. The first kappa shape index (κ1) is 16.6. The third-order valence-corrected chi connectivity index (χ3v) is 5.64. The molecule has 0 unspecified atom stereocenters. The van der Waals surface area contributed by atoms with E-state index >= 15 is 0 Å². The molecule has 138 valence electrons. The molecule has 3 aromatic carbocycles. The van der Waals surface area contributed by atoms with Crippen molar-refractivity contribution < 1.29 is 4.74 Å². The van der Waals surface area contributed by atoms with Crippen LogP contribution in [0.3, 0.4) is 0 Å². The summed E-state index contributed by atoms with van der Waals surface area (Å²) in [4.78, 5) is 2.50. The molecule has 0 amide bonds. The van der Waals surface area contributed by atoms with Crippen molar-refractivity contribution >= 4 is 22.1 Å². The summed E-state index contributed by atoms with van der Waals surface area (Å²) in [6.07, 6.45) is 0. The average Bonchev–Trinajstić information content (AvgIpc) is 3.11. The van der Waals surface area contributed by atoms with Gasteiger partial charge in [0.1, 0.15) is 0 Å². The van der Waals surface area contributed by atoms with Crippen LogP contribution in [-0.2, 0) is 11.3 Å².